The summed E-state index contributed by atoms with van der Waals surface area (Å²) in [6.07, 6.45) is 0.442. The van der Waals surface area contributed by atoms with Gasteiger partial charge in [0.2, 0.25) is 11.8 Å². The van der Waals surface area contributed by atoms with Crippen molar-refractivity contribution in [1.29, 1.82) is 0 Å². The first kappa shape index (κ1) is 21.7. The van der Waals surface area contributed by atoms with Crippen molar-refractivity contribution in [3.8, 4) is 0 Å². The summed E-state index contributed by atoms with van der Waals surface area (Å²) in [5.74, 6) is -0.577. The zero-order chi connectivity index (χ0) is 18.1. The maximum Gasteiger partial charge on any atom is 0.247 e. The third-order valence-corrected chi connectivity index (χ3v) is 3.91. The van der Waals surface area contributed by atoms with Crippen molar-refractivity contribution >= 4 is 29.9 Å². The largest absolute Gasteiger partial charge is 0.344 e. The summed E-state index contributed by atoms with van der Waals surface area (Å²) in [7, 11) is 1.80. The fourth-order valence-electron chi connectivity index (χ4n) is 2.52. The first-order chi connectivity index (χ1) is 12.1. The van der Waals surface area contributed by atoms with Crippen molar-refractivity contribution in [2.24, 2.45) is 5.92 Å². The van der Waals surface area contributed by atoms with Crippen LogP contribution >= 0.6 is 12.4 Å². The molecule has 2 atom stereocenters. The quantitative estimate of drug-likeness (QED) is 0.664. The minimum atomic E-state index is -0.630. The van der Waals surface area contributed by atoms with Crippen molar-refractivity contribution in [3.05, 3.63) is 66.2 Å². The molecule has 3 N–H and O–H groups in total. The van der Waals surface area contributed by atoms with Gasteiger partial charge in [-0.1, -0.05) is 55.5 Å². The van der Waals surface area contributed by atoms with E-state index >= 15 is 0 Å². The van der Waals surface area contributed by atoms with Crippen molar-refractivity contribution in [2.75, 3.05) is 18.9 Å². The van der Waals surface area contributed by atoms with E-state index in [1.807, 2.05) is 67.6 Å². The lowest BCUT2D eigenvalue weighted by atomic mass is 10.0. The summed E-state index contributed by atoms with van der Waals surface area (Å²) in [6.45, 7) is 2.39. The van der Waals surface area contributed by atoms with E-state index in [2.05, 4.69) is 16.0 Å². The molecule has 2 aromatic rings. The lowest BCUT2D eigenvalue weighted by Crippen LogP contribution is -2.48. The van der Waals surface area contributed by atoms with Gasteiger partial charge in [-0.05, 0) is 24.7 Å². The number of hydrogen-bond donors (Lipinski definition) is 3. The van der Waals surface area contributed by atoms with Crippen LogP contribution in [0.15, 0.2) is 60.7 Å². The normalized spacial score (nSPS) is 12.4. The summed E-state index contributed by atoms with van der Waals surface area (Å²) in [5.41, 5.74) is 1.71. The molecule has 2 rings (SSSR count). The van der Waals surface area contributed by atoms with Crippen LogP contribution in [0.3, 0.4) is 0 Å². The van der Waals surface area contributed by atoms with E-state index in [0.29, 0.717) is 18.7 Å². The first-order valence-corrected chi connectivity index (χ1v) is 8.45. The number of carbonyl (C=O) groups is 2. The predicted octanol–water partition coefficient (Wildman–Crippen LogP) is 2.63. The second kappa shape index (κ2) is 11.3. The number of benzene rings is 2. The van der Waals surface area contributed by atoms with Crippen molar-refractivity contribution < 1.29 is 9.59 Å². The Hall–Kier alpha value is -2.37. The summed E-state index contributed by atoms with van der Waals surface area (Å²) in [5, 5.41) is 8.73. The number of anilines is 1. The van der Waals surface area contributed by atoms with Crippen LogP contribution in [0.2, 0.25) is 0 Å². The smallest absolute Gasteiger partial charge is 0.247 e. The van der Waals surface area contributed by atoms with E-state index in [0.717, 1.165) is 5.56 Å². The Bertz CT molecular complexity index is 680. The van der Waals surface area contributed by atoms with Crippen LogP contribution in [-0.4, -0.2) is 31.4 Å². The molecule has 2 amide bonds. The minimum Gasteiger partial charge on any atom is -0.344 e. The van der Waals surface area contributed by atoms with E-state index in [-0.39, 0.29) is 30.1 Å². The number of hydrogen-bond acceptors (Lipinski definition) is 3. The SMILES string of the molecule is CNCC(C)C(=O)NC(Cc1ccccc1)C(=O)Nc1ccccc1.Cl. The number of para-hydroxylation sites is 1. The Labute approximate surface area is 161 Å². The fourth-order valence-corrected chi connectivity index (χ4v) is 2.52. The third-order valence-electron chi connectivity index (χ3n) is 3.91. The summed E-state index contributed by atoms with van der Waals surface area (Å²) < 4.78 is 0. The van der Waals surface area contributed by atoms with Gasteiger partial charge in [0.25, 0.3) is 0 Å². The molecule has 0 aliphatic carbocycles. The molecule has 26 heavy (non-hydrogen) atoms. The van der Waals surface area contributed by atoms with E-state index < -0.39 is 6.04 Å². The number of nitrogens with one attached hydrogen (secondary N) is 3. The topological polar surface area (TPSA) is 70.2 Å². The highest BCUT2D eigenvalue weighted by Crippen LogP contribution is 2.09. The van der Waals surface area contributed by atoms with Gasteiger partial charge in [-0.2, -0.15) is 0 Å². The second-order valence-electron chi connectivity index (χ2n) is 6.06. The van der Waals surface area contributed by atoms with Gasteiger partial charge in [0.1, 0.15) is 6.04 Å². The number of carbonyl (C=O) groups excluding carboxylic acids is 2. The number of amides is 2. The molecule has 2 aromatic carbocycles. The summed E-state index contributed by atoms with van der Waals surface area (Å²) >= 11 is 0. The lowest BCUT2D eigenvalue weighted by molar-refractivity contribution is -0.128. The zero-order valence-corrected chi connectivity index (χ0v) is 15.9. The fraction of sp³-hybridized carbons (Fsp3) is 0.300. The molecule has 5 nitrogen and oxygen atoms in total. The summed E-state index contributed by atoms with van der Waals surface area (Å²) in [6, 6.07) is 18.3. The first-order valence-electron chi connectivity index (χ1n) is 8.45. The molecule has 0 aliphatic heterocycles. The monoisotopic (exact) mass is 375 g/mol. The van der Waals surface area contributed by atoms with Gasteiger partial charge in [-0.15, -0.1) is 12.4 Å². The zero-order valence-electron chi connectivity index (χ0n) is 15.1. The van der Waals surface area contributed by atoms with E-state index in [4.69, 9.17) is 0 Å². The van der Waals surface area contributed by atoms with Crippen LogP contribution in [0.1, 0.15) is 12.5 Å². The molecular weight excluding hydrogens is 350 g/mol. The molecule has 140 valence electrons. The Balaban J connectivity index is 0.00000338. The van der Waals surface area contributed by atoms with Crippen molar-refractivity contribution in [1.82, 2.24) is 10.6 Å². The van der Waals surface area contributed by atoms with Crippen molar-refractivity contribution in [3.63, 3.8) is 0 Å². The molecule has 0 saturated carbocycles. The van der Waals surface area contributed by atoms with Crippen LogP contribution in [0, 0.1) is 5.92 Å². The second-order valence-corrected chi connectivity index (χ2v) is 6.06. The Morgan fingerprint density at radius 1 is 0.923 bits per heavy atom. The average Bonchev–Trinajstić information content (AvgIpc) is 2.63. The molecular formula is C20H26ClN3O2. The summed E-state index contributed by atoms with van der Waals surface area (Å²) in [4.78, 5) is 25.1. The lowest BCUT2D eigenvalue weighted by Gasteiger charge is -2.21. The standard InChI is InChI=1S/C20H25N3O2.ClH/c1-15(14-21-2)19(24)23-18(13-16-9-5-3-6-10-16)20(25)22-17-11-7-4-8-12-17;/h3-12,15,18,21H,13-14H2,1-2H3,(H,22,25)(H,23,24);1H. The molecule has 6 heteroatoms. The Morgan fingerprint density at radius 2 is 1.50 bits per heavy atom. The van der Waals surface area contributed by atoms with Crippen LogP contribution in [0.5, 0.6) is 0 Å². The van der Waals surface area contributed by atoms with Gasteiger partial charge >= 0.3 is 0 Å². The van der Waals surface area contributed by atoms with Crippen molar-refractivity contribution in [2.45, 2.75) is 19.4 Å². The Kier molecular flexibility index (Phi) is 9.41. The molecule has 0 aliphatic rings. The molecule has 0 radical (unpaired) electrons. The van der Waals surface area contributed by atoms with Gasteiger partial charge in [-0.25, -0.2) is 0 Å². The maximum absolute atomic E-state index is 12.7. The van der Waals surface area contributed by atoms with Gasteiger partial charge in [0.15, 0.2) is 0 Å². The van der Waals surface area contributed by atoms with E-state index in [1.54, 1.807) is 7.05 Å². The maximum atomic E-state index is 12.7. The predicted molar refractivity (Wildman–Crippen MR) is 107 cm³/mol. The molecule has 0 spiro atoms. The number of rotatable bonds is 8. The Morgan fingerprint density at radius 3 is 2.08 bits per heavy atom. The van der Waals surface area contributed by atoms with Crippen LogP contribution in [0.25, 0.3) is 0 Å². The highest BCUT2D eigenvalue weighted by atomic mass is 35.5. The average molecular weight is 376 g/mol. The van der Waals surface area contributed by atoms with Gasteiger partial charge in [0.05, 0.1) is 0 Å². The molecule has 0 saturated heterocycles. The van der Waals surface area contributed by atoms with Crippen LogP contribution in [-0.2, 0) is 16.0 Å². The molecule has 0 bridgehead atoms. The van der Waals surface area contributed by atoms with E-state index in [1.165, 1.54) is 0 Å². The highest BCUT2D eigenvalue weighted by Gasteiger charge is 2.23. The molecule has 0 fully saturated rings. The van der Waals surface area contributed by atoms with Gasteiger partial charge < -0.3 is 16.0 Å². The van der Waals surface area contributed by atoms with Crippen LogP contribution < -0.4 is 16.0 Å². The number of halogens is 1. The third kappa shape index (κ3) is 6.86. The van der Waals surface area contributed by atoms with Gasteiger partial charge in [0, 0.05) is 24.6 Å². The van der Waals surface area contributed by atoms with E-state index in [9.17, 15) is 9.59 Å². The van der Waals surface area contributed by atoms with Crippen LogP contribution in [0.4, 0.5) is 5.69 Å². The molecule has 2 unspecified atom stereocenters. The highest BCUT2D eigenvalue weighted by molar-refractivity contribution is 5.97. The molecule has 0 heterocycles. The van der Waals surface area contributed by atoms with Gasteiger partial charge in [-0.3, -0.25) is 9.59 Å². The minimum absolute atomic E-state index is 0. The molecule has 0 aromatic heterocycles.